The Morgan fingerprint density at radius 1 is 1.00 bits per heavy atom. The molecule has 2 aromatic carbocycles. The molecule has 2 heterocycles. The Balaban J connectivity index is 0.00000267. The second kappa shape index (κ2) is 10.7. The summed E-state index contributed by atoms with van der Waals surface area (Å²) >= 11 is 0. The van der Waals surface area contributed by atoms with E-state index in [1.165, 1.54) is 54.5 Å². The summed E-state index contributed by atoms with van der Waals surface area (Å²) < 4.78 is 25.7. The predicted octanol–water partition coefficient (Wildman–Crippen LogP) is 1.86. The highest BCUT2D eigenvalue weighted by Gasteiger charge is 2.30. The van der Waals surface area contributed by atoms with Crippen LogP contribution >= 0.6 is 0 Å². The van der Waals surface area contributed by atoms with Crippen LogP contribution in [0.4, 0.5) is 0 Å². The van der Waals surface area contributed by atoms with E-state index in [0.717, 1.165) is 59.7 Å². The number of halogens is 1. The molecule has 1 saturated carbocycles. The van der Waals surface area contributed by atoms with E-state index in [4.69, 9.17) is 18.9 Å². The highest BCUT2D eigenvalue weighted by molar-refractivity contribution is 5.88. The van der Waals surface area contributed by atoms with Gasteiger partial charge in [-0.25, -0.2) is 0 Å². The van der Waals surface area contributed by atoms with Crippen LogP contribution in [0.15, 0.2) is 30.3 Å². The number of nitrogens with one attached hydrogen (secondary N) is 1. The molecule has 0 saturated heterocycles. The topological polar surface area (TPSA) is 52.8 Å². The Hall–Kier alpha value is -2.70. The van der Waals surface area contributed by atoms with Gasteiger partial charge >= 0.3 is 0 Å². The van der Waals surface area contributed by atoms with Crippen LogP contribution in [0, 0.1) is 0 Å². The zero-order valence-electron chi connectivity index (χ0n) is 21.2. The molecule has 1 aliphatic heterocycles. The summed E-state index contributed by atoms with van der Waals surface area (Å²) in [5, 5.41) is 4.82. The third kappa shape index (κ3) is 4.57. The third-order valence-electron chi connectivity index (χ3n) is 7.80. The van der Waals surface area contributed by atoms with Crippen molar-refractivity contribution in [3.63, 3.8) is 0 Å². The molecule has 1 N–H and O–H groups in total. The van der Waals surface area contributed by atoms with Gasteiger partial charge in [0.15, 0.2) is 23.0 Å². The van der Waals surface area contributed by atoms with E-state index in [9.17, 15) is 0 Å². The number of ether oxygens (including phenoxy) is 4. The summed E-state index contributed by atoms with van der Waals surface area (Å²) in [7, 11) is 3.86. The molecule has 3 aromatic rings. The molecule has 0 amide bonds. The minimum absolute atomic E-state index is 0. The third-order valence-corrected chi connectivity index (χ3v) is 7.80. The molecule has 3 aliphatic rings. The van der Waals surface area contributed by atoms with Gasteiger partial charge in [0, 0.05) is 17.7 Å². The lowest BCUT2D eigenvalue weighted by atomic mass is 9.87. The van der Waals surface area contributed by atoms with Gasteiger partial charge in [-0.2, -0.15) is 4.57 Å². The summed E-state index contributed by atoms with van der Waals surface area (Å²) in [5.41, 5.74) is 6.23. The molecule has 7 heteroatoms. The molecule has 36 heavy (non-hydrogen) atoms. The van der Waals surface area contributed by atoms with Gasteiger partial charge in [-0.15, -0.1) is 0 Å². The maximum atomic E-state index is 6.39. The molecule has 1 aromatic heterocycles. The van der Waals surface area contributed by atoms with Crippen LogP contribution in [0.2, 0.25) is 0 Å². The van der Waals surface area contributed by atoms with Gasteiger partial charge in [0.2, 0.25) is 18.0 Å². The maximum Gasteiger partial charge on any atom is 0.231 e. The first-order valence-electron chi connectivity index (χ1n) is 13.0. The van der Waals surface area contributed by atoms with Crippen molar-refractivity contribution in [3.05, 3.63) is 41.5 Å². The Labute approximate surface area is 219 Å². The Kier molecular flexibility index (Phi) is 7.44. The van der Waals surface area contributed by atoms with Crippen molar-refractivity contribution in [3.8, 4) is 34.3 Å². The highest BCUT2D eigenvalue weighted by Crippen LogP contribution is 2.43. The number of aromatic nitrogens is 1. The van der Waals surface area contributed by atoms with Gasteiger partial charge in [-0.05, 0) is 68.5 Å². The zero-order chi connectivity index (χ0) is 23.8. The van der Waals surface area contributed by atoms with E-state index in [-0.39, 0.29) is 12.4 Å². The van der Waals surface area contributed by atoms with Gasteiger partial charge in [0.25, 0.3) is 0 Å². The van der Waals surface area contributed by atoms with Crippen LogP contribution in [0.3, 0.4) is 0 Å². The highest BCUT2D eigenvalue weighted by atomic mass is 35.5. The van der Waals surface area contributed by atoms with E-state index in [0.29, 0.717) is 19.4 Å². The van der Waals surface area contributed by atoms with Crippen molar-refractivity contribution in [2.24, 2.45) is 7.05 Å². The van der Waals surface area contributed by atoms with Crippen molar-refractivity contribution < 1.29 is 35.9 Å². The fourth-order valence-corrected chi connectivity index (χ4v) is 5.97. The molecule has 0 bridgehead atoms. The lowest BCUT2D eigenvalue weighted by Gasteiger charge is -2.23. The molecule has 1 fully saturated rings. The largest absolute Gasteiger partial charge is 1.00 e. The molecule has 192 valence electrons. The van der Waals surface area contributed by atoms with E-state index in [1.807, 2.05) is 6.07 Å². The number of nitrogens with zero attached hydrogens (tertiary/aromatic N) is 1. The van der Waals surface area contributed by atoms with Crippen molar-refractivity contribution >= 4 is 10.9 Å². The van der Waals surface area contributed by atoms with E-state index >= 15 is 0 Å². The molecular weight excluding hydrogens is 476 g/mol. The number of rotatable bonds is 7. The predicted molar refractivity (Wildman–Crippen MR) is 136 cm³/mol. The summed E-state index contributed by atoms with van der Waals surface area (Å²) in [6.07, 6.45) is 9.67. The fraction of sp³-hybridized carbons (Fsp3) is 0.483. The molecule has 0 atom stereocenters. The Bertz CT molecular complexity index is 1260. The molecule has 0 unspecified atom stereocenters. The van der Waals surface area contributed by atoms with Gasteiger partial charge in [0.05, 0.1) is 24.7 Å². The second-order valence-electron chi connectivity index (χ2n) is 9.96. The van der Waals surface area contributed by atoms with Crippen LogP contribution in [-0.4, -0.2) is 33.1 Å². The van der Waals surface area contributed by atoms with E-state index in [1.54, 1.807) is 7.11 Å². The molecule has 6 rings (SSSR count). The fourth-order valence-electron chi connectivity index (χ4n) is 5.97. The van der Waals surface area contributed by atoms with E-state index in [2.05, 4.69) is 41.2 Å². The smallest absolute Gasteiger partial charge is 0.231 e. The lowest BCUT2D eigenvalue weighted by molar-refractivity contribution is -0.634. The molecule has 2 aliphatic carbocycles. The SMILES string of the molecule is COc1ccc2c(cc3c([n+]2C)-c2cc4c(cc2CC3)OCO4)c1OCCCNC1CCCCC1.[Cl-]. The number of aryl methyl sites for hydroxylation is 3. The lowest BCUT2D eigenvalue weighted by Crippen LogP contribution is -3.00. The zero-order valence-corrected chi connectivity index (χ0v) is 22.0. The summed E-state index contributed by atoms with van der Waals surface area (Å²) in [5.74, 6) is 3.32. The summed E-state index contributed by atoms with van der Waals surface area (Å²) in [6.45, 7) is 1.96. The minimum atomic E-state index is 0. The van der Waals surface area contributed by atoms with Crippen molar-refractivity contribution in [2.45, 2.75) is 57.4 Å². The second-order valence-corrected chi connectivity index (χ2v) is 9.96. The first-order valence-corrected chi connectivity index (χ1v) is 13.0. The van der Waals surface area contributed by atoms with Crippen molar-refractivity contribution in [2.75, 3.05) is 27.1 Å². The van der Waals surface area contributed by atoms with Gasteiger partial charge in [0.1, 0.15) is 7.05 Å². The number of methoxy groups -OCH3 is 1. The maximum absolute atomic E-state index is 6.39. The Morgan fingerprint density at radius 2 is 1.78 bits per heavy atom. The summed E-state index contributed by atoms with van der Waals surface area (Å²) in [4.78, 5) is 0. The van der Waals surface area contributed by atoms with Gasteiger partial charge in [-0.1, -0.05) is 19.3 Å². The average Bonchev–Trinajstić information content (AvgIpc) is 3.35. The molecule has 0 spiro atoms. The van der Waals surface area contributed by atoms with Crippen LogP contribution in [-0.2, 0) is 19.9 Å². The van der Waals surface area contributed by atoms with Crippen LogP contribution in [0.25, 0.3) is 22.2 Å². The van der Waals surface area contributed by atoms with Crippen molar-refractivity contribution in [1.29, 1.82) is 0 Å². The van der Waals surface area contributed by atoms with Crippen LogP contribution in [0.5, 0.6) is 23.0 Å². The standard InChI is InChI=1S/C29H35N2O4.ClH/c1-31-24-11-12-25(32-2)29(33-14-6-13-30-21-7-4-3-5-8-21)23(24)15-20-10-9-19-16-26-27(35-18-34-26)17-22(19)28(20)31;/h11-12,15-17,21,30H,3-10,13-14,18H2,1-2H3;1H/q+1;/p-1. The Morgan fingerprint density at radius 3 is 2.58 bits per heavy atom. The van der Waals surface area contributed by atoms with Crippen LogP contribution in [0.1, 0.15) is 49.7 Å². The van der Waals surface area contributed by atoms with Gasteiger partial charge < -0.3 is 36.7 Å². The molecule has 6 nitrogen and oxygen atoms in total. The number of benzene rings is 2. The minimum Gasteiger partial charge on any atom is -1.00 e. The number of hydrogen-bond acceptors (Lipinski definition) is 5. The van der Waals surface area contributed by atoms with Gasteiger partial charge in [-0.3, -0.25) is 0 Å². The quantitative estimate of drug-likeness (QED) is 0.388. The number of hydrogen-bond donors (Lipinski definition) is 1. The average molecular weight is 511 g/mol. The molecule has 0 radical (unpaired) electrons. The number of pyridine rings is 1. The normalized spacial score (nSPS) is 16.3. The number of fused-ring (bicyclic) bond motifs is 5. The summed E-state index contributed by atoms with van der Waals surface area (Å²) in [6, 6.07) is 11.4. The monoisotopic (exact) mass is 510 g/mol. The van der Waals surface area contributed by atoms with Crippen molar-refractivity contribution in [1.82, 2.24) is 5.32 Å². The first-order chi connectivity index (χ1) is 17.2. The first kappa shape index (κ1) is 25.0. The van der Waals surface area contributed by atoms with Crippen LogP contribution < -0.4 is 41.2 Å². The van der Waals surface area contributed by atoms with E-state index < -0.39 is 0 Å². The molecular formula is C29H35ClN2O4.